The number of ether oxygens (including phenoxy) is 1. The standard InChI is InChI=1S/C16H22N2O4/c1-16(15(21)17(2)3)11-18(7-8-22-16)10-12-5-4-6-13(9-12)14(19)20/h4-6,9H,7-8,10-11H2,1-3H3,(H,19,20)/t16-/m1/s1. The van der Waals surface area contributed by atoms with Gasteiger partial charge in [0.1, 0.15) is 0 Å². The van der Waals surface area contributed by atoms with Gasteiger partial charge in [0.2, 0.25) is 0 Å². The van der Waals surface area contributed by atoms with E-state index in [1.165, 1.54) is 4.90 Å². The van der Waals surface area contributed by atoms with Crippen molar-refractivity contribution in [2.75, 3.05) is 33.8 Å². The van der Waals surface area contributed by atoms with Gasteiger partial charge in [-0.2, -0.15) is 0 Å². The predicted molar refractivity (Wildman–Crippen MR) is 81.7 cm³/mol. The first-order valence-electron chi connectivity index (χ1n) is 7.22. The Labute approximate surface area is 130 Å². The van der Waals surface area contributed by atoms with E-state index < -0.39 is 11.6 Å². The van der Waals surface area contributed by atoms with Crippen molar-refractivity contribution in [1.29, 1.82) is 0 Å². The van der Waals surface area contributed by atoms with Crippen LogP contribution >= 0.6 is 0 Å². The summed E-state index contributed by atoms with van der Waals surface area (Å²) in [7, 11) is 3.43. The highest BCUT2D eigenvalue weighted by molar-refractivity contribution is 5.87. The number of carbonyl (C=O) groups is 2. The number of carboxylic acid groups (broad SMARTS) is 1. The molecule has 0 bridgehead atoms. The number of rotatable bonds is 4. The minimum absolute atomic E-state index is 0.0588. The van der Waals surface area contributed by atoms with Gasteiger partial charge in [0.05, 0.1) is 12.2 Å². The Balaban J connectivity index is 2.09. The van der Waals surface area contributed by atoms with Crippen LogP contribution in [0.15, 0.2) is 24.3 Å². The zero-order chi connectivity index (χ0) is 16.3. The fourth-order valence-electron chi connectivity index (χ4n) is 2.75. The lowest BCUT2D eigenvalue weighted by Crippen LogP contribution is -2.57. The molecule has 1 amide bonds. The SMILES string of the molecule is CN(C)C(=O)[C@@]1(C)CN(Cc2cccc(C(=O)O)c2)CCO1. The van der Waals surface area contributed by atoms with Crippen LogP contribution in [0, 0.1) is 0 Å². The van der Waals surface area contributed by atoms with Gasteiger partial charge in [0, 0.05) is 33.7 Å². The Morgan fingerprint density at radius 3 is 2.77 bits per heavy atom. The molecule has 0 radical (unpaired) electrons. The third-order valence-corrected chi connectivity index (χ3v) is 3.79. The molecule has 1 N–H and O–H groups in total. The van der Waals surface area contributed by atoms with Crippen molar-refractivity contribution >= 4 is 11.9 Å². The van der Waals surface area contributed by atoms with E-state index in [2.05, 4.69) is 4.90 Å². The van der Waals surface area contributed by atoms with Gasteiger partial charge < -0.3 is 14.7 Å². The van der Waals surface area contributed by atoms with Crippen LogP contribution in [-0.4, -0.2) is 66.2 Å². The van der Waals surface area contributed by atoms with Crippen LogP contribution in [0.5, 0.6) is 0 Å². The fraction of sp³-hybridized carbons (Fsp3) is 0.500. The summed E-state index contributed by atoms with van der Waals surface area (Å²) in [6.45, 7) is 4.08. The van der Waals surface area contributed by atoms with Crippen molar-refractivity contribution in [3.63, 3.8) is 0 Å². The molecule has 1 fully saturated rings. The number of carbonyl (C=O) groups excluding carboxylic acids is 1. The molecule has 6 heteroatoms. The second-order valence-electron chi connectivity index (χ2n) is 6.00. The highest BCUT2D eigenvalue weighted by atomic mass is 16.5. The zero-order valence-corrected chi connectivity index (χ0v) is 13.2. The second-order valence-corrected chi connectivity index (χ2v) is 6.00. The van der Waals surface area contributed by atoms with Gasteiger partial charge in [-0.3, -0.25) is 9.69 Å². The maximum atomic E-state index is 12.3. The Morgan fingerprint density at radius 1 is 1.41 bits per heavy atom. The van der Waals surface area contributed by atoms with Gasteiger partial charge >= 0.3 is 5.97 Å². The predicted octanol–water partition coefficient (Wildman–Crippen LogP) is 1.06. The van der Waals surface area contributed by atoms with E-state index in [4.69, 9.17) is 9.84 Å². The van der Waals surface area contributed by atoms with E-state index in [-0.39, 0.29) is 11.5 Å². The Hall–Kier alpha value is -1.92. The van der Waals surface area contributed by atoms with E-state index in [0.29, 0.717) is 26.2 Å². The molecule has 1 aromatic rings. The number of aromatic carboxylic acids is 1. The number of morpholine rings is 1. The average Bonchev–Trinajstić information content (AvgIpc) is 2.46. The molecule has 1 saturated heterocycles. The second kappa shape index (κ2) is 6.46. The Bertz CT molecular complexity index is 573. The molecular weight excluding hydrogens is 284 g/mol. The van der Waals surface area contributed by atoms with Crippen LogP contribution in [0.25, 0.3) is 0 Å². The van der Waals surface area contributed by atoms with E-state index in [1.807, 2.05) is 6.07 Å². The highest BCUT2D eigenvalue weighted by Crippen LogP contribution is 2.21. The molecule has 0 unspecified atom stereocenters. The average molecular weight is 306 g/mol. The molecule has 22 heavy (non-hydrogen) atoms. The third kappa shape index (κ3) is 3.64. The van der Waals surface area contributed by atoms with E-state index in [0.717, 1.165) is 5.56 Å². The molecule has 120 valence electrons. The maximum absolute atomic E-state index is 12.3. The minimum atomic E-state index is -0.934. The summed E-state index contributed by atoms with van der Waals surface area (Å²) in [5.74, 6) is -0.993. The number of amides is 1. The molecular formula is C16H22N2O4. The van der Waals surface area contributed by atoms with Crippen molar-refractivity contribution in [3.8, 4) is 0 Å². The summed E-state index contributed by atoms with van der Waals surface area (Å²) in [6.07, 6.45) is 0. The molecule has 1 aromatic carbocycles. The smallest absolute Gasteiger partial charge is 0.335 e. The van der Waals surface area contributed by atoms with E-state index >= 15 is 0 Å². The monoisotopic (exact) mass is 306 g/mol. The van der Waals surface area contributed by atoms with Crippen LogP contribution in [0.4, 0.5) is 0 Å². The number of nitrogens with zero attached hydrogens (tertiary/aromatic N) is 2. The summed E-state index contributed by atoms with van der Waals surface area (Å²) in [5, 5.41) is 9.05. The van der Waals surface area contributed by atoms with Crippen LogP contribution in [-0.2, 0) is 16.1 Å². The first-order valence-corrected chi connectivity index (χ1v) is 7.22. The number of likely N-dealkylation sites (N-methyl/N-ethyl adjacent to an activating group) is 1. The molecule has 1 aliphatic heterocycles. The summed E-state index contributed by atoms with van der Waals surface area (Å²) in [5.41, 5.74) is 0.339. The molecule has 2 rings (SSSR count). The molecule has 0 spiro atoms. The first-order chi connectivity index (χ1) is 10.3. The number of hydrogen-bond acceptors (Lipinski definition) is 4. The van der Waals surface area contributed by atoms with E-state index in [9.17, 15) is 9.59 Å². The van der Waals surface area contributed by atoms with Gasteiger partial charge in [-0.05, 0) is 24.6 Å². The van der Waals surface area contributed by atoms with Gasteiger partial charge in [0.15, 0.2) is 5.60 Å². The summed E-state index contributed by atoms with van der Waals surface area (Å²) >= 11 is 0. The van der Waals surface area contributed by atoms with Crippen molar-refractivity contribution in [2.45, 2.75) is 19.1 Å². The molecule has 0 aromatic heterocycles. The van der Waals surface area contributed by atoms with Gasteiger partial charge in [0.25, 0.3) is 5.91 Å². The van der Waals surface area contributed by atoms with E-state index in [1.54, 1.807) is 39.2 Å². The lowest BCUT2D eigenvalue weighted by atomic mass is 10.0. The summed E-state index contributed by atoms with van der Waals surface area (Å²) < 4.78 is 5.69. The highest BCUT2D eigenvalue weighted by Gasteiger charge is 2.40. The molecule has 0 aliphatic carbocycles. The van der Waals surface area contributed by atoms with Crippen molar-refractivity contribution in [3.05, 3.63) is 35.4 Å². The number of hydrogen-bond donors (Lipinski definition) is 1. The van der Waals surface area contributed by atoms with Gasteiger partial charge in [-0.1, -0.05) is 12.1 Å². The lowest BCUT2D eigenvalue weighted by Gasteiger charge is -2.40. The summed E-state index contributed by atoms with van der Waals surface area (Å²) in [4.78, 5) is 26.9. The molecule has 0 saturated carbocycles. The van der Waals surface area contributed by atoms with Crippen LogP contribution in [0.2, 0.25) is 0 Å². The third-order valence-electron chi connectivity index (χ3n) is 3.79. The Morgan fingerprint density at radius 2 is 2.14 bits per heavy atom. The lowest BCUT2D eigenvalue weighted by molar-refractivity contribution is -0.165. The minimum Gasteiger partial charge on any atom is -0.478 e. The van der Waals surface area contributed by atoms with Crippen LogP contribution < -0.4 is 0 Å². The molecule has 6 nitrogen and oxygen atoms in total. The zero-order valence-electron chi connectivity index (χ0n) is 13.2. The summed E-state index contributed by atoms with van der Waals surface area (Å²) in [6, 6.07) is 6.88. The van der Waals surface area contributed by atoms with Gasteiger partial charge in [-0.15, -0.1) is 0 Å². The normalized spacial score (nSPS) is 22.3. The molecule has 1 aliphatic rings. The van der Waals surface area contributed by atoms with Gasteiger partial charge in [-0.25, -0.2) is 4.79 Å². The fourth-order valence-corrected chi connectivity index (χ4v) is 2.75. The van der Waals surface area contributed by atoms with Crippen molar-refractivity contribution in [2.24, 2.45) is 0 Å². The molecule has 1 atom stereocenters. The van der Waals surface area contributed by atoms with Crippen LogP contribution in [0.3, 0.4) is 0 Å². The number of carboxylic acids is 1. The van der Waals surface area contributed by atoms with Crippen molar-refractivity contribution < 1.29 is 19.4 Å². The van der Waals surface area contributed by atoms with Crippen LogP contribution in [0.1, 0.15) is 22.8 Å². The maximum Gasteiger partial charge on any atom is 0.335 e. The molecule has 1 heterocycles. The number of benzene rings is 1. The topological polar surface area (TPSA) is 70.1 Å². The largest absolute Gasteiger partial charge is 0.478 e. The Kier molecular flexibility index (Phi) is 4.83. The quantitative estimate of drug-likeness (QED) is 0.901. The first kappa shape index (κ1) is 16.5. The van der Waals surface area contributed by atoms with Crippen molar-refractivity contribution in [1.82, 2.24) is 9.80 Å².